The van der Waals surface area contributed by atoms with Crippen LogP contribution in [0.5, 0.6) is 11.5 Å². The Morgan fingerprint density at radius 1 is 1.15 bits per heavy atom. The zero-order chi connectivity index (χ0) is 18.6. The molecular weight excluding hydrogens is 349 g/mol. The van der Waals surface area contributed by atoms with Crippen LogP contribution < -0.4 is 14.8 Å². The van der Waals surface area contributed by atoms with E-state index in [1.165, 1.54) is 18.5 Å². The molecule has 2 heterocycles. The molecule has 7 heteroatoms. The molecule has 0 bridgehead atoms. The molecule has 1 N–H and O–H groups in total. The van der Waals surface area contributed by atoms with Crippen LogP contribution in [0.1, 0.15) is 5.56 Å². The van der Waals surface area contributed by atoms with Gasteiger partial charge in [0, 0.05) is 24.2 Å². The molecule has 1 aromatic heterocycles. The lowest BCUT2D eigenvalue weighted by molar-refractivity contribution is -0.111. The van der Waals surface area contributed by atoms with E-state index in [2.05, 4.69) is 10.3 Å². The minimum absolute atomic E-state index is 0.359. The van der Waals surface area contributed by atoms with Crippen LogP contribution in [-0.4, -0.2) is 28.7 Å². The minimum Gasteiger partial charge on any atom is -0.486 e. The summed E-state index contributed by atoms with van der Waals surface area (Å²) in [5.41, 5.74) is 1.53. The number of anilines is 1. The van der Waals surface area contributed by atoms with Crippen LogP contribution >= 0.6 is 0 Å². The molecule has 1 amide bonds. The van der Waals surface area contributed by atoms with Gasteiger partial charge in [-0.05, 0) is 42.0 Å². The second kappa shape index (κ2) is 7.33. The third kappa shape index (κ3) is 3.82. The second-order valence-corrected chi connectivity index (χ2v) is 5.86. The van der Waals surface area contributed by atoms with Gasteiger partial charge in [-0.1, -0.05) is 6.07 Å². The third-order valence-corrected chi connectivity index (χ3v) is 3.99. The molecule has 0 spiro atoms. The normalized spacial score (nSPS) is 12.9. The van der Waals surface area contributed by atoms with E-state index in [-0.39, 0.29) is 5.91 Å². The van der Waals surface area contributed by atoms with Crippen molar-refractivity contribution in [2.45, 2.75) is 0 Å². The van der Waals surface area contributed by atoms with Crippen LogP contribution in [0.3, 0.4) is 0 Å². The van der Waals surface area contributed by atoms with E-state index >= 15 is 0 Å². The number of amides is 1. The quantitative estimate of drug-likeness (QED) is 0.720. The van der Waals surface area contributed by atoms with Gasteiger partial charge in [-0.25, -0.2) is 9.37 Å². The van der Waals surface area contributed by atoms with Crippen molar-refractivity contribution in [2.24, 2.45) is 0 Å². The number of carbonyl (C=O) groups excluding carboxylic acids is 1. The maximum Gasteiger partial charge on any atom is 0.248 e. The SMILES string of the molecule is O=C(/C=C\c1ccc2c(c1)OCCO2)Nc1ccc(-n2ccnc2)c(F)c1. The third-order valence-electron chi connectivity index (χ3n) is 3.99. The average Bonchev–Trinajstić information content (AvgIpc) is 3.21. The first-order chi connectivity index (χ1) is 13.2. The van der Waals surface area contributed by atoms with Crippen LogP contribution in [0.4, 0.5) is 10.1 Å². The van der Waals surface area contributed by atoms with Crippen molar-refractivity contribution in [2.75, 3.05) is 18.5 Å². The lowest BCUT2D eigenvalue weighted by Gasteiger charge is -2.18. The fourth-order valence-corrected chi connectivity index (χ4v) is 2.72. The Morgan fingerprint density at radius 2 is 2.00 bits per heavy atom. The summed E-state index contributed by atoms with van der Waals surface area (Å²) in [7, 11) is 0. The Labute approximate surface area is 154 Å². The van der Waals surface area contributed by atoms with Crippen LogP contribution in [0.15, 0.2) is 61.2 Å². The molecule has 0 saturated heterocycles. The topological polar surface area (TPSA) is 65.4 Å². The Morgan fingerprint density at radius 3 is 2.78 bits per heavy atom. The van der Waals surface area contributed by atoms with Gasteiger partial charge < -0.3 is 19.4 Å². The van der Waals surface area contributed by atoms with Crippen molar-refractivity contribution in [3.8, 4) is 17.2 Å². The maximum absolute atomic E-state index is 14.2. The molecule has 0 atom stereocenters. The first-order valence-corrected chi connectivity index (χ1v) is 8.36. The lowest BCUT2D eigenvalue weighted by Crippen LogP contribution is -2.15. The molecule has 0 aliphatic carbocycles. The van der Waals surface area contributed by atoms with Crippen molar-refractivity contribution in [1.82, 2.24) is 9.55 Å². The number of hydrogen-bond donors (Lipinski definition) is 1. The van der Waals surface area contributed by atoms with Crippen LogP contribution in [0.2, 0.25) is 0 Å². The number of halogens is 1. The number of nitrogens with one attached hydrogen (secondary N) is 1. The molecule has 1 aliphatic rings. The van der Waals surface area contributed by atoms with Gasteiger partial charge in [0.05, 0.1) is 12.0 Å². The van der Waals surface area contributed by atoms with Gasteiger partial charge in [0.15, 0.2) is 11.5 Å². The van der Waals surface area contributed by atoms with Crippen molar-refractivity contribution in [1.29, 1.82) is 0 Å². The average molecular weight is 365 g/mol. The summed E-state index contributed by atoms with van der Waals surface area (Å²) in [6, 6.07) is 9.92. The summed E-state index contributed by atoms with van der Waals surface area (Å²) in [5, 5.41) is 2.64. The predicted molar refractivity (Wildman–Crippen MR) is 98.6 cm³/mol. The van der Waals surface area contributed by atoms with Crippen LogP contribution in [0.25, 0.3) is 11.8 Å². The van der Waals surface area contributed by atoms with E-state index in [0.29, 0.717) is 36.1 Å². The first-order valence-electron chi connectivity index (χ1n) is 8.36. The first kappa shape index (κ1) is 16.8. The van der Waals surface area contributed by atoms with Crippen molar-refractivity contribution in [3.05, 3.63) is 72.6 Å². The molecule has 0 fully saturated rings. The minimum atomic E-state index is -0.457. The van der Waals surface area contributed by atoms with E-state index in [1.54, 1.807) is 47.3 Å². The Hall–Kier alpha value is -3.61. The number of carbonyl (C=O) groups is 1. The fraction of sp³-hybridized carbons (Fsp3) is 0.100. The monoisotopic (exact) mass is 365 g/mol. The summed E-state index contributed by atoms with van der Waals surface area (Å²) in [5.74, 6) is 0.526. The summed E-state index contributed by atoms with van der Waals surface area (Å²) < 4.78 is 26.8. The number of aromatic nitrogens is 2. The number of ether oxygens (including phenoxy) is 2. The summed E-state index contributed by atoms with van der Waals surface area (Å²) in [6.07, 6.45) is 7.76. The molecule has 136 valence electrons. The number of imidazole rings is 1. The number of benzene rings is 2. The van der Waals surface area contributed by atoms with Gasteiger partial charge in [0.1, 0.15) is 19.0 Å². The predicted octanol–water partition coefficient (Wildman–Crippen LogP) is 3.43. The molecular formula is C20H16FN3O3. The Balaban J connectivity index is 1.43. The highest BCUT2D eigenvalue weighted by Crippen LogP contribution is 2.31. The lowest BCUT2D eigenvalue weighted by atomic mass is 10.2. The summed E-state index contributed by atoms with van der Waals surface area (Å²) in [6.45, 7) is 1.03. The van der Waals surface area contributed by atoms with Crippen LogP contribution in [0, 0.1) is 5.82 Å². The molecule has 4 rings (SSSR count). The van der Waals surface area contributed by atoms with E-state index in [1.807, 2.05) is 6.07 Å². The van der Waals surface area contributed by atoms with E-state index in [0.717, 1.165) is 5.56 Å². The van der Waals surface area contributed by atoms with Gasteiger partial charge in [-0.3, -0.25) is 4.79 Å². The fourth-order valence-electron chi connectivity index (χ4n) is 2.72. The highest BCUT2D eigenvalue weighted by molar-refractivity contribution is 6.02. The maximum atomic E-state index is 14.2. The van der Waals surface area contributed by atoms with Crippen molar-refractivity contribution in [3.63, 3.8) is 0 Å². The standard InChI is InChI=1S/C20H16FN3O3/c21-16-12-15(3-4-17(16)24-8-7-22-13-24)23-20(25)6-2-14-1-5-18-19(11-14)27-10-9-26-18/h1-8,11-13H,9-10H2,(H,23,25)/b6-2-. The smallest absolute Gasteiger partial charge is 0.248 e. The molecule has 2 aromatic carbocycles. The molecule has 6 nitrogen and oxygen atoms in total. The van der Waals surface area contributed by atoms with Crippen molar-refractivity contribution < 1.29 is 18.7 Å². The Kier molecular flexibility index (Phi) is 4.57. The van der Waals surface area contributed by atoms with E-state index < -0.39 is 5.82 Å². The molecule has 1 aliphatic heterocycles. The van der Waals surface area contributed by atoms with Gasteiger partial charge in [0.25, 0.3) is 0 Å². The van der Waals surface area contributed by atoms with E-state index in [9.17, 15) is 9.18 Å². The van der Waals surface area contributed by atoms with Gasteiger partial charge in [0.2, 0.25) is 5.91 Å². The number of hydrogen-bond acceptors (Lipinski definition) is 4. The molecule has 0 saturated carbocycles. The highest BCUT2D eigenvalue weighted by Gasteiger charge is 2.11. The molecule has 27 heavy (non-hydrogen) atoms. The summed E-state index contributed by atoms with van der Waals surface area (Å²) in [4.78, 5) is 16.0. The number of nitrogens with zero attached hydrogens (tertiary/aromatic N) is 2. The molecule has 0 unspecified atom stereocenters. The summed E-state index contributed by atoms with van der Waals surface area (Å²) >= 11 is 0. The molecule has 3 aromatic rings. The van der Waals surface area contributed by atoms with E-state index in [4.69, 9.17) is 9.47 Å². The second-order valence-electron chi connectivity index (χ2n) is 5.86. The Bertz CT molecular complexity index is 1000. The van der Waals surface area contributed by atoms with Crippen molar-refractivity contribution >= 4 is 17.7 Å². The van der Waals surface area contributed by atoms with Gasteiger partial charge in [-0.15, -0.1) is 0 Å². The zero-order valence-corrected chi connectivity index (χ0v) is 14.3. The zero-order valence-electron chi connectivity index (χ0n) is 14.3. The molecule has 0 radical (unpaired) electrons. The van der Waals surface area contributed by atoms with Crippen LogP contribution in [-0.2, 0) is 4.79 Å². The highest BCUT2D eigenvalue weighted by atomic mass is 19.1. The number of fused-ring (bicyclic) bond motifs is 1. The van der Waals surface area contributed by atoms with Gasteiger partial charge in [-0.2, -0.15) is 0 Å². The number of rotatable bonds is 4. The van der Waals surface area contributed by atoms with Gasteiger partial charge >= 0.3 is 0 Å². The largest absolute Gasteiger partial charge is 0.486 e.